The van der Waals surface area contributed by atoms with Crippen LogP contribution >= 0.6 is 34.8 Å². The van der Waals surface area contributed by atoms with Crippen LogP contribution < -0.4 is 10.1 Å². The molecule has 38 heavy (non-hydrogen) atoms. The molecule has 1 N–H and O–H groups in total. The number of nitroso groups, excluding NO2 is 1. The Balaban J connectivity index is 1.82. The second-order valence-electron chi connectivity index (χ2n) is 9.73. The Labute approximate surface area is 232 Å². The average Bonchev–Trinajstić information content (AvgIpc) is 2.82. The summed E-state index contributed by atoms with van der Waals surface area (Å²) in [7, 11) is 0. The number of ether oxygens (including phenoxy) is 1. The van der Waals surface area contributed by atoms with Crippen molar-refractivity contribution in [2.75, 3.05) is 6.54 Å². The molecule has 0 spiro atoms. The molecule has 1 aromatic carbocycles. The lowest BCUT2D eigenvalue weighted by Gasteiger charge is -2.37. The van der Waals surface area contributed by atoms with E-state index in [2.05, 4.69) is 10.5 Å². The summed E-state index contributed by atoms with van der Waals surface area (Å²) >= 11 is 18.8. The summed E-state index contributed by atoms with van der Waals surface area (Å²) in [6.07, 6.45) is 0.129. The largest absolute Gasteiger partial charge is 0.471 e. The molecule has 6 nitrogen and oxygen atoms in total. The van der Waals surface area contributed by atoms with Crippen molar-refractivity contribution in [2.24, 2.45) is 5.18 Å². The van der Waals surface area contributed by atoms with Crippen molar-refractivity contribution < 1.29 is 22.7 Å². The van der Waals surface area contributed by atoms with Crippen molar-refractivity contribution in [2.45, 2.75) is 56.8 Å². The molecule has 1 aliphatic carbocycles. The van der Waals surface area contributed by atoms with Crippen LogP contribution in [0.25, 0.3) is 16.8 Å². The molecule has 2 atom stereocenters. The molecule has 0 saturated carbocycles. The molecular formula is C26H23Cl3F3N3O3. The van der Waals surface area contributed by atoms with E-state index in [1.54, 1.807) is 44.2 Å². The summed E-state index contributed by atoms with van der Waals surface area (Å²) in [5.74, 6) is -1.42. The third-order valence-electron chi connectivity index (χ3n) is 6.38. The maximum Gasteiger partial charge on any atom is 0.415 e. The summed E-state index contributed by atoms with van der Waals surface area (Å²) in [6, 6.07) is 4.22. The Morgan fingerprint density at radius 1 is 1.18 bits per heavy atom. The normalized spacial score (nSPS) is 19.4. The zero-order valence-electron chi connectivity index (χ0n) is 20.3. The number of allylic oxidation sites excluding steroid dienone is 4. The first-order valence-electron chi connectivity index (χ1n) is 11.7. The van der Waals surface area contributed by atoms with Crippen LogP contribution in [0.2, 0.25) is 10.0 Å². The number of nitrogens with one attached hydrogen (secondary N) is 1. The molecule has 0 radical (unpaired) electrons. The van der Waals surface area contributed by atoms with Crippen molar-refractivity contribution in [1.29, 1.82) is 0 Å². The van der Waals surface area contributed by atoms with E-state index in [-0.39, 0.29) is 12.3 Å². The fraction of sp³-hybridized carbons (Fsp3) is 0.385. The minimum absolute atomic E-state index is 0.164. The lowest BCUT2D eigenvalue weighted by molar-refractivity contribution is -0.147. The van der Waals surface area contributed by atoms with E-state index in [1.165, 1.54) is 0 Å². The second-order valence-corrected chi connectivity index (χ2v) is 11.1. The SMILES string of the molecule is CC1(C)CC(C(=O)NCC(N=O)C(F)(F)F)c2cc(C3=CC=C(Cl)CC3)c(-c3ccc(Cl)cc3Cl)nc2O1. The van der Waals surface area contributed by atoms with Crippen LogP contribution in [0.1, 0.15) is 50.2 Å². The van der Waals surface area contributed by atoms with Crippen LogP contribution in [0.4, 0.5) is 13.2 Å². The zero-order valence-corrected chi connectivity index (χ0v) is 22.6. The number of carbonyl (C=O) groups is 1. The van der Waals surface area contributed by atoms with Crippen molar-refractivity contribution in [1.82, 2.24) is 10.3 Å². The second kappa shape index (κ2) is 10.9. The average molecular weight is 589 g/mol. The molecule has 0 fully saturated rings. The Morgan fingerprint density at radius 3 is 2.53 bits per heavy atom. The number of benzene rings is 1. The van der Waals surface area contributed by atoms with Gasteiger partial charge < -0.3 is 10.1 Å². The van der Waals surface area contributed by atoms with Gasteiger partial charge >= 0.3 is 6.18 Å². The molecule has 1 aliphatic heterocycles. The van der Waals surface area contributed by atoms with Crippen LogP contribution in [0.5, 0.6) is 5.88 Å². The van der Waals surface area contributed by atoms with E-state index in [9.17, 15) is 22.9 Å². The van der Waals surface area contributed by atoms with Gasteiger partial charge in [-0.2, -0.15) is 18.1 Å². The number of carbonyl (C=O) groups excluding carboxylic acids is 1. The maximum atomic E-state index is 13.2. The number of nitrogens with zero attached hydrogens (tertiary/aromatic N) is 2. The van der Waals surface area contributed by atoms with Gasteiger partial charge in [0, 0.05) is 33.2 Å². The highest BCUT2D eigenvalue weighted by atomic mass is 35.5. The fourth-order valence-corrected chi connectivity index (χ4v) is 5.14. The summed E-state index contributed by atoms with van der Waals surface area (Å²) in [6.45, 7) is 2.54. The number of aromatic nitrogens is 1. The molecular weight excluding hydrogens is 566 g/mol. The van der Waals surface area contributed by atoms with Gasteiger partial charge in [0.15, 0.2) is 0 Å². The van der Waals surface area contributed by atoms with Crippen LogP contribution in [0.3, 0.4) is 0 Å². The number of hydrogen-bond donors (Lipinski definition) is 1. The molecule has 1 aromatic heterocycles. The Bertz CT molecular complexity index is 1340. The van der Waals surface area contributed by atoms with Gasteiger partial charge in [0.25, 0.3) is 0 Å². The maximum absolute atomic E-state index is 13.2. The minimum atomic E-state index is -4.87. The Morgan fingerprint density at radius 2 is 1.92 bits per heavy atom. The van der Waals surface area contributed by atoms with Crippen molar-refractivity contribution in [3.63, 3.8) is 0 Å². The van der Waals surface area contributed by atoms with Gasteiger partial charge in [-0.05, 0) is 62.6 Å². The first-order chi connectivity index (χ1) is 17.8. The summed E-state index contributed by atoms with van der Waals surface area (Å²) in [5.41, 5.74) is 2.21. The smallest absolute Gasteiger partial charge is 0.415 e. The number of hydrogen-bond acceptors (Lipinski definition) is 5. The predicted octanol–water partition coefficient (Wildman–Crippen LogP) is 7.81. The third-order valence-corrected chi connectivity index (χ3v) is 7.24. The first-order valence-corrected chi connectivity index (χ1v) is 12.8. The highest BCUT2D eigenvalue weighted by Crippen LogP contribution is 2.45. The number of halogens is 6. The van der Waals surface area contributed by atoms with Crippen LogP contribution in [-0.2, 0) is 4.79 Å². The highest BCUT2D eigenvalue weighted by molar-refractivity contribution is 6.36. The van der Waals surface area contributed by atoms with Gasteiger partial charge in [-0.1, -0.05) is 46.1 Å². The van der Waals surface area contributed by atoms with E-state index in [4.69, 9.17) is 44.5 Å². The number of rotatable bonds is 6. The van der Waals surface area contributed by atoms with Gasteiger partial charge in [-0.25, -0.2) is 4.98 Å². The molecule has 202 valence electrons. The molecule has 12 heteroatoms. The Hall–Kier alpha value is -2.62. The lowest BCUT2D eigenvalue weighted by atomic mass is 9.82. The molecule has 2 aliphatic rings. The first kappa shape index (κ1) is 28.4. The van der Waals surface area contributed by atoms with Gasteiger partial charge in [0.1, 0.15) is 5.60 Å². The molecule has 4 rings (SSSR count). The molecule has 1 amide bonds. The van der Waals surface area contributed by atoms with Gasteiger partial charge in [-0.3, -0.25) is 4.79 Å². The predicted molar refractivity (Wildman–Crippen MR) is 142 cm³/mol. The highest BCUT2D eigenvalue weighted by Gasteiger charge is 2.43. The minimum Gasteiger partial charge on any atom is -0.471 e. The molecule has 2 aromatic rings. The van der Waals surface area contributed by atoms with Gasteiger partial charge in [-0.15, -0.1) is 0 Å². The summed E-state index contributed by atoms with van der Waals surface area (Å²) in [5, 5.41) is 5.86. The molecule has 0 bridgehead atoms. The summed E-state index contributed by atoms with van der Waals surface area (Å²) < 4.78 is 45.2. The fourth-order valence-electron chi connectivity index (χ4n) is 4.48. The quantitative estimate of drug-likeness (QED) is 0.349. The topological polar surface area (TPSA) is 80.7 Å². The van der Waals surface area contributed by atoms with Crippen molar-refractivity contribution in [3.8, 4) is 17.1 Å². The van der Waals surface area contributed by atoms with Crippen LogP contribution in [0, 0.1) is 4.91 Å². The van der Waals surface area contributed by atoms with Gasteiger partial charge in [0.05, 0.1) is 23.2 Å². The third kappa shape index (κ3) is 6.16. The number of amides is 1. The zero-order chi connectivity index (χ0) is 27.8. The van der Waals surface area contributed by atoms with Crippen molar-refractivity contribution >= 4 is 46.3 Å². The van der Waals surface area contributed by atoms with Crippen LogP contribution in [-0.4, -0.2) is 35.3 Å². The lowest BCUT2D eigenvalue weighted by Crippen LogP contribution is -2.45. The van der Waals surface area contributed by atoms with E-state index in [0.717, 1.165) is 5.57 Å². The van der Waals surface area contributed by atoms with E-state index in [1.807, 2.05) is 6.08 Å². The number of alkyl halides is 3. The van der Waals surface area contributed by atoms with Crippen LogP contribution in [0.15, 0.2) is 46.6 Å². The molecule has 0 saturated heterocycles. The van der Waals surface area contributed by atoms with E-state index < -0.39 is 36.2 Å². The standard InChI is InChI=1S/C26H23Cl3F3N3O3/c1-25(2)11-19(23(36)33-12-21(35-37)26(30,31)32)18-10-17(13-3-5-14(27)6-4-13)22(34-24(18)38-25)16-8-7-15(28)9-20(16)29/h3,5,7-10,19,21H,4,6,11-12H2,1-2H3,(H,33,36). The monoisotopic (exact) mass is 587 g/mol. The van der Waals surface area contributed by atoms with E-state index in [0.29, 0.717) is 50.3 Å². The van der Waals surface area contributed by atoms with Crippen molar-refractivity contribution in [3.05, 3.63) is 67.5 Å². The number of fused-ring (bicyclic) bond motifs is 1. The summed E-state index contributed by atoms with van der Waals surface area (Å²) in [4.78, 5) is 28.7. The van der Waals surface area contributed by atoms with E-state index >= 15 is 0 Å². The molecule has 2 unspecified atom stereocenters. The van der Waals surface area contributed by atoms with Gasteiger partial charge in [0.2, 0.25) is 17.8 Å². The molecule has 2 heterocycles. The Kier molecular flexibility index (Phi) is 8.12. The number of pyridine rings is 1.